The van der Waals surface area contributed by atoms with Crippen molar-refractivity contribution in [2.45, 2.75) is 38.3 Å². The van der Waals surface area contributed by atoms with Crippen molar-refractivity contribution in [3.63, 3.8) is 0 Å². The molecule has 1 saturated heterocycles. The number of hydrogen-bond donors (Lipinski definition) is 2. The summed E-state index contributed by atoms with van der Waals surface area (Å²) in [6.07, 6.45) is 5.09. The zero-order valence-electron chi connectivity index (χ0n) is 15.1. The molecular formula is C19H26N4O2. The van der Waals surface area contributed by atoms with Gasteiger partial charge < -0.3 is 15.3 Å². The lowest BCUT2D eigenvalue weighted by molar-refractivity contribution is -0.117. The van der Waals surface area contributed by atoms with Gasteiger partial charge in [-0.15, -0.1) is 0 Å². The number of nitrogens with zero attached hydrogens (tertiary/aromatic N) is 3. The van der Waals surface area contributed by atoms with Crippen molar-refractivity contribution in [1.82, 2.24) is 15.1 Å². The molecule has 0 unspecified atom stereocenters. The topological polar surface area (TPSA) is 70.4 Å². The Bertz CT molecular complexity index is 736. The number of anilines is 1. The molecule has 134 valence electrons. The highest BCUT2D eigenvalue weighted by atomic mass is 16.3. The van der Waals surface area contributed by atoms with Crippen LogP contribution in [-0.4, -0.2) is 33.9 Å². The van der Waals surface area contributed by atoms with Gasteiger partial charge in [0.05, 0.1) is 6.20 Å². The second-order valence-electron chi connectivity index (χ2n) is 7.02. The Morgan fingerprint density at radius 3 is 2.64 bits per heavy atom. The van der Waals surface area contributed by atoms with Crippen LogP contribution in [0.5, 0.6) is 0 Å². The predicted molar refractivity (Wildman–Crippen MR) is 97.2 cm³/mol. The van der Waals surface area contributed by atoms with Crippen LogP contribution in [0.4, 0.5) is 5.69 Å². The Morgan fingerprint density at radius 2 is 2.08 bits per heavy atom. The molecule has 0 bridgehead atoms. The number of aromatic nitrogens is 2. The molecule has 3 rings (SSSR count). The van der Waals surface area contributed by atoms with Crippen LogP contribution in [0.2, 0.25) is 0 Å². The average Bonchev–Trinajstić information content (AvgIpc) is 3.22. The van der Waals surface area contributed by atoms with Crippen LogP contribution in [0, 0.1) is 0 Å². The second-order valence-corrected chi connectivity index (χ2v) is 7.02. The summed E-state index contributed by atoms with van der Waals surface area (Å²) in [6, 6.07) is 8.16. The SMILES string of the molecule is C[C@H](NC[C@@](C)(O)c1cnn(C)c1)c1ccc(N2CCCC2=O)cc1. The van der Waals surface area contributed by atoms with E-state index in [1.165, 1.54) is 0 Å². The maximum absolute atomic E-state index is 11.8. The van der Waals surface area contributed by atoms with E-state index in [1.807, 2.05) is 42.4 Å². The van der Waals surface area contributed by atoms with E-state index in [-0.39, 0.29) is 11.9 Å². The summed E-state index contributed by atoms with van der Waals surface area (Å²) < 4.78 is 1.69. The number of amides is 1. The average molecular weight is 342 g/mol. The molecule has 2 atom stereocenters. The van der Waals surface area contributed by atoms with Crippen molar-refractivity contribution >= 4 is 11.6 Å². The minimum atomic E-state index is -0.982. The van der Waals surface area contributed by atoms with Crippen LogP contribution >= 0.6 is 0 Å². The zero-order chi connectivity index (χ0) is 18.0. The van der Waals surface area contributed by atoms with E-state index in [4.69, 9.17) is 0 Å². The Morgan fingerprint density at radius 1 is 1.36 bits per heavy atom. The molecule has 0 aliphatic carbocycles. The first kappa shape index (κ1) is 17.6. The van der Waals surface area contributed by atoms with Gasteiger partial charge in [-0.1, -0.05) is 12.1 Å². The van der Waals surface area contributed by atoms with E-state index >= 15 is 0 Å². The van der Waals surface area contributed by atoms with Crippen LogP contribution in [-0.2, 0) is 17.4 Å². The molecule has 0 radical (unpaired) electrons. The Kier molecular flexibility index (Phi) is 4.92. The van der Waals surface area contributed by atoms with Crippen molar-refractivity contribution in [1.29, 1.82) is 0 Å². The van der Waals surface area contributed by atoms with Gasteiger partial charge in [0.15, 0.2) is 0 Å². The van der Waals surface area contributed by atoms with Gasteiger partial charge in [0.2, 0.25) is 5.91 Å². The number of benzene rings is 1. The maximum atomic E-state index is 11.8. The predicted octanol–water partition coefficient (Wildman–Crippen LogP) is 2.11. The molecule has 1 aromatic heterocycles. The molecule has 1 amide bonds. The second kappa shape index (κ2) is 6.98. The summed E-state index contributed by atoms with van der Waals surface area (Å²) in [6.45, 7) is 5.08. The van der Waals surface area contributed by atoms with Crippen LogP contribution in [0.25, 0.3) is 0 Å². The van der Waals surface area contributed by atoms with E-state index < -0.39 is 5.60 Å². The van der Waals surface area contributed by atoms with Crippen molar-refractivity contribution < 1.29 is 9.90 Å². The highest BCUT2D eigenvalue weighted by Crippen LogP contribution is 2.24. The van der Waals surface area contributed by atoms with Gasteiger partial charge in [0, 0.05) is 50.0 Å². The van der Waals surface area contributed by atoms with Crippen LogP contribution in [0.15, 0.2) is 36.7 Å². The monoisotopic (exact) mass is 342 g/mol. The highest BCUT2D eigenvalue weighted by Gasteiger charge is 2.25. The minimum absolute atomic E-state index is 0.0893. The molecule has 6 heteroatoms. The number of aliphatic hydroxyl groups is 1. The summed E-state index contributed by atoms with van der Waals surface area (Å²) in [5.41, 5.74) is 1.89. The highest BCUT2D eigenvalue weighted by molar-refractivity contribution is 5.95. The standard InChI is InChI=1S/C19H26N4O2/c1-14(20-13-19(2,25)16-11-21-22(3)12-16)15-6-8-17(9-7-15)23-10-4-5-18(23)24/h6-9,11-12,14,20,25H,4-5,10,13H2,1-3H3/t14-,19+/m0/s1. The Hall–Kier alpha value is -2.18. The molecule has 2 aromatic rings. The van der Waals surface area contributed by atoms with Crippen LogP contribution in [0.3, 0.4) is 0 Å². The van der Waals surface area contributed by atoms with Gasteiger partial charge in [-0.3, -0.25) is 9.48 Å². The van der Waals surface area contributed by atoms with Gasteiger partial charge in [0.25, 0.3) is 0 Å². The minimum Gasteiger partial charge on any atom is -0.384 e. The largest absolute Gasteiger partial charge is 0.384 e. The van der Waals surface area contributed by atoms with E-state index in [1.54, 1.807) is 17.8 Å². The normalized spacial score (nSPS) is 18.4. The molecule has 6 nitrogen and oxygen atoms in total. The number of aryl methyl sites for hydroxylation is 1. The van der Waals surface area contributed by atoms with Crippen LogP contribution < -0.4 is 10.2 Å². The molecule has 2 N–H and O–H groups in total. The molecule has 25 heavy (non-hydrogen) atoms. The van der Waals surface area contributed by atoms with Crippen molar-refractivity contribution in [3.8, 4) is 0 Å². The Balaban J connectivity index is 1.61. The maximum Gasteiger partial charge on any atom is 0.227 e. The van der Waals surface area contributed by atoms with E-state index in [0.717, 1.165) is 29.8 Å². The summed E-state index contributed by atoms with van der Waals surface area (Å²) in [7, 11) is 1.84. The van der Waals surface area contributed by atoms with Gasteiger partial charge in [-0.25, -0.2) is 0 Å². The number of carbonyl (C=O) groups is 1. The van der Waals surface area contributed by atoms with Gasteiger partial charge in [-0.05, 0) is 38.0 Å². The number of hydrogen-bond acceptors (Lipinski definition) is 4. The number of carbonyl (C=O) groups excluding carboxylic acids is 1. The van der Waals surface area contributed by atoms with E-state index in [2.05, 4.69) is 17.3 Å². The first-order valence-electron chi connectivity index (χ1n) is 8.72. The van der Waals surface area contributed by atoms with Crippen molar-refractivity contribution in [2.24, 2.45) is 7.05 Å². The Labute approximate surface area is 148 Å². The number of nitrogens with one attached hydrogen (secondary N) is 1. The molecule has 0 spiro atoms. The smallest absolute Gasteiger partial charge is 0.227 e. The molecule has 2 heterocycles. The summed E-state index contributed by atoms with van der Waals surface area (Å²) in [5, 5.41) is 18.1. The zero-order valence-corrected chi connectivity index (χ0v) is 15.1. The van der Waals surface area contributed by atoms with E-state index in [0.29, 0.717) is 13.0 Å². The summed E-state index contributed by atoms with van der Waals surface area (Å²) in [5.74, 6) is 0.200. The molecule has 1 fully saturated rings. The molecule has 1 aliphatic heterocycles. The first-order valence-corrected chi connectivity index (χ1v) is 8.72. The van der Waals surface area contributed by atoms with E-state index in [9.17, 15) is 9.90 Å². The first-order chi connectivity index (χ1) is 11.9. The van der Waals surface area contributed by atoms with Gasteiger partial charge >= 0.3 is 0 Å². The van der Waals surface area contributed by atoms with Gasteiger partial charge in [0.1, 0.15) is 5.60 Å². The molecule has 1 aromatic carbocycles. The fraction of sp³-hybridized carbons (Fsp3) is 0.474. The van der Waals surface area contributed by atoms with Crippen molar-refractivity contribution in [2.75, 3.05) is 18.0 Å². The van der Waals surface area contributed by atoms with Crippen LogP contribution in [0.1, 0.15) is 43.9 Å². The quantitative estimate of drug-likeness (QED) is 0.843. The van der Waals surface area contributed by atoms with Gasteiger partial charge in [-0.2, -0.15) is 5.10 Å². The molecule has 0 saturated carbocycles. The third kappa shape index (κ3) is 3.91. The molecule has 1 aliphatic rings. The lowest BCUT2D eigenvalue weighted by Gasteiger charge is -2.25. The summed E-state index contributed by atoms with van der Waals surface area (Å²) >= 11 is 0. The lowest BCUT2D eigenvalue weighted by Crippen LogP contribution is -2.36. The summed E-state index contributed by atoms with van der Waals surface area (Å²) in [4.78, 5) is 13.7. The lowest BCUT2D eigenvalue weighted by atomic mass is 9.98. The third-order valence-electron chi connectivity index (χ3n) is 4.86. The van der Waals surface area contributed by atoms with Crippen molar-refractivity contribution in [3.05, 3.63) is 47.8 Å². The fourth-order valence-corrected chi connectivity index (χ4v) is 3.14. The number of rotatable bonds is 6. The molecular weight excluding hydrogens is 316 g/mol. The third-order valence-corrected chi connectivity index (χ3v) is 4.86. The fourth-order valence-electron chi connectivity index (χ4n) is 3.14.